The summed E-state index contributed by atoms with van der Waals surface area (Å²) in [6, 6.07) is 18.0. The number of amides is 1. The third-order valence-electron chi connectivity index (χ3n) is 4.99. The molecule has 1 amide bonds. The highest BCUT2D eigenvalue weighted by Gasteiger charge is 2.25. The molecule has 1 aromatic heterocycles. The van der Waals surface area contributed by atoms with E-state index >= 15 is 0 Å². The molecule has 4 rings (SSSR count). The molecule has 0 atom stereocenters. The van der Waals surface area contributed by atoms with E-state index in [-0.39, 0.29) is 27.1 Å². The van der Waals surface area contributed by atoms with Crippen molar-refractivity contribution >= 4 is 50.4 Å². The highest BCUT2D eigenvalue weighted by atomic mass is 32.2. The monoisotopic (exact) mass is 495 g/mol. The van der Waals surface area contributed by atoms with Gasteiger partial charge in [-0.25, -0.2) is 22.2 Å². The van der Waals surface area contributed by atoms with Crippen LogP contribution in [0.15, 0.2) is 76.8 Å². The molecule has 0 saturated heterocycles. The molecule has 0 fully saturated rings. The van der Waals surface area contributed by atoms with Crippen LogP contribution in [0.5, 0.6) is 0 Å². The molecule has 4 aromatic rings. The van der Waals surface area contributed by atoms with Crippen LogP contribution in [0.25, 0.3) is 11.0 Å². The van der Waals surface area contributed by atoms with Gasteiger partial charge in [0.25, 0.3) is 10.0 Å². The fourth-order valence-corrected chi connectivity index (χ4v) is 6.29. The van der Waals surface area contributed by atoms with Crippen molar-refractivity contribution in [1.29, 1.82) is 0 Å². The lowest BCUT2D eigenvalue weighted by molar-refractivity contribution is -0.113. The van der Waals surface area contributed by atoms with Gasteiger partial charge in [-0.1, -0.05) is 42.1 Å². The fourth-order valence-electron chi connectivity index (χ4n) is 3.59. The van der Waals surface area contributed by atoms with E-state index < -0.39 is 21.9 Å². The second-order valence-electron chi connectivity index (χ2n) is 7.66. The largest absolute Gasteiger partial charge is 0.478 e. The molecule has 2 N–H and O–H groups in total. The second-order valence-corrected chi connectivity index (χ2v) is 10.4. The molecule has 0 aliphatic heterocycles. The average molecular weight is 496 g/mol. The van der Waals surface area contributed by atoms with Crippen molar-refractivity contribution in [3.05, 3.63) is 83.4 Å². The standard InChI is InChI=1S/C24H21N3O5S2/c1-15-11-16(2)13-17(12-15)34(31,32)27-21-10-6-5-9-20(21)26-24(27)33-14-22(28)25-19-8-4-3-7-18(19)23(29)30/h3-13H,14H2,1-2H3,(H,25,28)(H,29,30). The number of fused-ring (bicyclic) bond motifs is 1. The number of thioether (sulfide) groups is 1. The number of carboxylic acid groups (broad SMARTS) is 1. The van der Waals surface area contributed by atoms with Gasteiger partial charge in [0.1, 0.15) is 0 Å². The van der Waals surface area contributed by atoms with Gasteiger partial charge in [-0.15, -0.1) is 0 Å². The van der Waals surface area contributed by atoms with Crippen LogP contribution in [0.3, 0.4) is 0 Å². The summed E-state index contributed by atoms with van der Waals surface area (Å²) in [4.78, 5) is 28.5. The smallest absolute Gasteiger partial charge is 0.337 e. The highest BCUT2D eigenvalue weighted by Crippen LogP contribution is 2.30. The summed E-state index contributed by atoms with van der Waals surface area (Å²) in [6.07, 6.45) is 0. The number of rotatable bonds is 7. The molecule has 0 aliphatic carbocycles. The summed E-state index contributed by atoms with van der Waals surface area (Å²) in [7, 11) is -4.00. The molecule has 0 spiro atoms. The van der Waals surface area contributed by atoms with Crippen molar-refractivity contribution in [3.63, 3.8) is 0 Å². The van der Waals surface area contributed by atoms with Crippen LogP contribution in [0, 0.1) is 13.8 Å². The van der Waals surface area contributed by atoms with Crippen LogP contribution >= 0.6 is 11.8 Å². The SMILES string of the molecule is Cc1cc(C)cc(S(=O)(=O)n2c(SCC(=O)Nc3ccccc3C(=O)O)nc3ccccc32)c1. The van der Waals surface area contributed by atoms with Crippen LogP contribution in [0.1, 0.15) is 21.5 Å². The average Bonchev–Trinajstić information content (AvgIpc) is 3.16. The summed E-state index contributed by atoms with van der Waals surface area (Å²) < 4.78 is 28.4. The number of carbonyl (C=O) groups is 2. The quantitative estimate of drug-likeness (QED) is 0.367. The van der Waals surface area contributed by atoms with Crippen LogP contribution in [0.2, 0.25) is 0 Å². The van der Waals surface area contributed by atoms with Crippen molar-refractivity contribution in [3.8, 4) is 0 Å². The van der Waals surface area contributed by atoms with E-state index in [4.69, 9.17) is 0 Å². The van der Waals surface area contributed by atoms with Crippen LogP contribution in [-0.2, 0) is 14.8 Å². The topological polar surface area (TPSA) is 118 Å². The number of benzene rings is 3. The van der Waals surface area contributed by atoms with Crippen molar-refractivity contribution in [2.75, 3.05) is 11.1 Å². The van der Waals surface area contributed by atoms with Gasteiger partial charge in [0.05, 0.1) is 32.9 Å². The number of para-hydroxylation sites is 3. The summed E-state index contributed by atoms with van der Waals surface area (Å²) in [5, 5.41) is 12.0. The lowest BCUT2D eigenvalue weighted by Crippen LogP contribution is -2.18. The Morgan fingerprint density at radius 2 is 1.65 bits per heavy atom. The van der Waals surface area contributed by atoms with E-state index in [1.807, 2.05) is 19.9 Å². The Kier molecular flexibility index (Phi) is 6.45. The van der Waals surface area contributed by atoms with Crippen LogP contribution in [-0.4, -0.2) is 40.1 Å². The normalized spacial score (nSPS) is 11.5. The Morgan fingerprint density at radius 1 is 1.00 bits per heavy atom. The molecule has 0 unspecified atom stereocenters. The summed E-state index contributed by atoms with van der Waals surface area (Å²) in [5.41, 5.74) is 2.64. The predicted molar refractivity (Wildman–Crippen MR) is 131 cm³/mol. The number of imidazole rings is 1. The minimum atomic E-state index is -4.00. The Bertz CT molecular complexity index is 1510. The molecule has 10 heteroatoms. The molecular weight excluding hydrogens is 474 g/mol. The van der Waals surface area contributed by atoms with Gasteiger partial charge in [0, 0.05) is 0 Å². The van der Waals surface area contributed by atoms with Gasteiger partial charge in [0.2, 0.25) is 5.91 Å². The molecule has 1 heterocycles. The maximum atomic E-state index is 13.6. The van der Waals surface area contributed by atoms with Crippen molar-refractivity contribution in [2.45, 2.75) is 23.9 Å². The first-order chi connectivity index (χ1) is 16.2. The highest BCUT2D eigenvalue weighted by molar-refractivity contribution is 8.00. The summed E-state index contributed by atoms with van der Waals surface area (Å²) in [6.45, 7) is 3.65. The number of carboxylic acids is 1. The predicted octanol–water partition coefficient (Wildman–Crippen LogP) is 4.32. The number of aromatic nitrogens is 2. The number of hydrogen-bond acceptors (Lipinski definition) is 6. The molecule has 0 aliphatic rings. The lowest BCUT2D eigenvalue weighted by atomic mass is 10.2. The zero-order valence-electron chi connectivity index (χ0n) is 18.3. The van der Waals surface area contributed by atoms with Crippen molar-refractivity contribution < 1.29 is 23.1 Å². The second kappa shape index (κ2) is 9.32. The Hall–Kier alpha value is -3.63. The third kappa shape index (κ3) is 4.68. The number of carbonyl (C=O) groups excluding carboxylic acids is 1. The number of aryl methyl sites for hydroxylation is 2. The first-order valence-corrected chi connectivity index (χ1v) is 12.7. The van der Waals surface area contributed by atoms with E-state index in [1.165, 1.54) is 12.1 Å². The van der Waals surface area contributed by atoms with E-state index in [0.717, 1.165) is 26.9 Å². The van der Waals surface area contributed by atoms with E-state index in [1.54, 1.807) is 48.5 Å². The molecule has 34 heavy (non-hydrogen) atoms. The molecule has 0 saturated carbocycles. The molecule has 0 bridgehead atoms. The van der Waals surface area contributed by atoms with E-state index in [0.29, 0.717) is 11.0 Å². The van der Waals surface area contributed by atoms with Crippen LogP contribution < -0.4 is 5.32 Å². The fraction of sp³-hybridized carbons (Fsp3) is 0.125. The first-order valence-electron chi connectivity index (χ1n) is 10.2. The maximum Gasteiger partial charge on any atom is 0.337 e. The van der Waals surface area contributed by atoms with E-state index in [2.05, 4.69) is 10.3 Å². The van der Waals surface area contributed by atoms with Gasteiger partial charge in [-0.3, -0.25) is 4.79 Å². The minimum absolute atomic E-state index is 0.0366. The number of nitrogens with zero attached hydrogens (tertiary/aromatic N) is 2. The van der Waals surface area contributed by atoms with Crippen molar-refractivity contribution in [2.24, 2.45) is 0 Å². The van der Waals surface area contributed by atoms with Gasteiger partial charge >= 0.3 is 5.97 Å². The number of anilines is 1. The first kappa shape index (κ1) is 23.5. The zero-order valence-corrected chi connectivity index (χ0v) is 20.0. The Balaban J connectivity index is 1.67. The molecule has 8 nitrogen and oxygen atoms in total. The number of nitrogens with one attached hydrogen (secondary N) is 1. The van der Waals surface area contributed by atoms with Gasteiger partial charge in [-0.05, 0) is 61.4 Å². The van der Waals surface area contributed by atoms with Crippen LogP contribution in [0.4, 0.5) is 5.69 Å². The summed E-state index contributed by atoms with van der Waals surface area (Å²) in [5.74, 6) is -1.81. The third-order valence-corrected chi connectivity index (χ3v) is 7.72. The lowest BCUT2D eigenvalue weighted by Gasteiger charge is -2.12. The minimum Gasteiger partial charge on any atom is -0.478 e. The Labute approximate surface area is 200 Å². The zero-order chi connectivity index (χ0) is 24.5. The molecule has 174 valence electrons. The molecular formula is C24H21N3O5S2. The van der Waals surface area contributed by atoms with Gasteiger partial charge in [0.15, 0.2) is 5.16 Å². The maximum absolute atomic E-state index is 13.6. The number of aromatic carboxylic acids is 1. The van der Waals surface area contributed by atoms with Gasteiger partial charge < -0.3 is 10.4 Å². The number of hydrogen-bond donors (Lipinski definition) is 2. The molecule has 3 aromatic carbocycles. The van der Waals surface area contributed by atoms with Crippen molar-refractivity contribution in [1.82, 2.24) is 8.96 Å². The van der Waals surface area contributed by atoms with E-state index in [9.17, 15) is 23.1 Å². The Morgan fingerprint density at radius 3 is 2.35 bits per heavy atom. The summed E-state index contributed by atoms with van der Waals surface area (Å²) >= 11 is 0.958. The van der Waals surface area contributed by atoms with Gasteiger partial charge in [-0.2, -0.15) is 0 Å². The molecule has 0 radical (unpaired) electrons.